The zero-order chi connectivity index (χ0) is 27.0. The van der Waals surface area contributed by atoms with E-state index in [0.717, 1.165) is 22.9 Å². The van der Waals surface area contributed by atoms with Crippen LogP contribution >= 0.6 is 0 Å². The molecular weight excluding hydrogens is 498 g/mol. The summed E-state index contributed by atoms with van der Waals surface area (Å²) in [6.45, 7) is 4.03. The topological polar surface area (TPSA) is 147 Å². The number of carbonyl (C=O) groups excluding carboxylic acids is 2. The molecule has 0 fully saturated rings. The maximum absolute atomic E-state index is 13.2. The molecule has 0 saturated carbocycles. The minimum absolute atomic E-state index is 0.0820. The van der Waals surface area contributed by atoms with Gasteiger partial charge in [0.15, 0.2) is 0 Å². The number of benzene rings is 2. The molecule has 0 spiro atoms. The fourth-order valence-electron chi connectivity index (χ4n) is 3.93. The van der Waals surface area contributed by atoms with Crippen molar-refractivity contribution in [2.45, 2.75) is 51.8 Å². The second-order valence-corrected chi connectivity index (χ2v) is 10.0. The first-order valence-electron chi connectivity index (χ1n) is 12.0. The molecule has 1 heterocycles. The zero-order valence-corrected chi connectivity index (χ0v) is 21.9. The summed E-state index contributed by atoms with van der Waals surface area (Å²) in [5, 5.41) is 6.86. The van der Waals surface area contributed by atoms with E-state index in [1.165, 1.54) is 24.3 Å². The molecule has 200 valence electrons. The molecule has 3 atom stereocenters. The minimum Gasteiger partial charge on any atom is -0.459 e. The second-order valence-electron chi connectivity index (χ2n) is 8.98. The van der Waals surface area contributed by atoms with E-state index < -0.39 is 28.5 Å². The molecule has 3 rings (SSSR count). The fraction of sp³-hybridized carbons (Fsp3) is 0.385. The smallest absolute Gasteiger partial charge is 0.446 e. The van der Waals surface area contributed by atoms with Gasteiger partial charge in [-0.3, -0.25) is 9.35 Å². The van der Waals surface area contributed by atoms with Crippen molar-refractivity contribution < 1.29 is 31.5 Å². The van der Waals surface area contributed by atoms with Crippen molar-refractivity contribution in [2.75, 3.05) is 7.05 Å². The maximum atomic E-state index is 13.2. The van der Waals surface area contributed by atoms with Crippen molar-refractivity contribution in [1.29, 1.82) is 0 Å². The van der Waals surface area contributed by atoms with Gasteiger partial charge in [-0.05, 0) is 48.7 Å². The van der Waals surface area contributed by atoms with E-state index in [0.29, 0.717) is 17.9 Å². The third kappa shape index (κ3) is 8.31. The normalized spacial score (nSPS) is 14.1. The number of aromatic amines is 1. The van der Waals surface area contributed by atoms with Gasteiger partial charge >= 0.3 is 16.4 Å². The molecule has 0 aliphatic rings. The molecule has 0 saturated heterocycles. The molecule has 10 nitrogen and oxygen atoms in total. The van der Waals surface area contributed by atoms with Crippen molar-refractivity contribution >= 4 is 33.2 Å². The highest BCUT2D eigenvalue weighted by Crippen LogP contribution is 2.20. The predicted molar refractivity (Wildman–Crippen MR) is 139 cm³/mol. The average molecular weight is 532 g/mol. The Hall–Kier alpha value is -3.41. The lowest BCUT2D eigenvalue weighted by Gasteiger charge is -2.23. The molecular formula is C26H33N3O7S. The van der Waals surface area contributed by atoms with Gasteiger partial charge in [-0.1, -0.05) is 50.6 Å². The van der Waals surface area contributed by atoms with Gasteiger partial charge in [0, 0.05) is 23.5 Å². The molecule has 2 aromatic carbocycles. The van der Waals surface area contributed by atoms with Crippen LogP contribution in [-0.4, -0.2) is 49.0 Å². The van der Waals surface area contributed by atoms with Gasteiger partial charge in [0.25, 0.3) is 0 Å². The molecule has 11 heteroatoms. The number of H-pyrrole nitrogens is 1. The molecule has 2 unspecified atom stereocenters. The van der Waals surface area contributed by atoms with E-state index in [2.05, 4.69) is 33.6 Å². The van der Waals surface area contributed by atoms with E-state index >= 15 is 0 Å². The molecule has 3 aromatic rings. The third-order valence-corrected chi connectivity index (χ3v) is 6.61. The molecule has 0 radical (unpaired) electrons. The Bertz CT molecular complexity index is 1310. The first-order valence-corrected chi connectivity index (χ1v) is 13.4. The summed E-state index contributed by atoms with van der Waals surface area (Å²) in [4.78, 5) is 29.4. The summed E-state index contributed by atoms with van der Waals surface area (Å²) in [7, 11) is -2.91. The summed E-state index contributed by atoms with van der Waals surface area (Å²) in [5.41, 5.74) is 2.36. The zero-order valence-electron chi connectivity index (χ0n) is 21.1. The van der Waals surface area contributed by atoms with Crippen LogP contribution in [0.15, 0.2) is 54.7 Å². The molecule has 0 aliphatic carbocycles. The summed E-state index contributed by atoms with van der Waals surface area (Å²) in [6.07, 6.45) is 3.61. The molecule has 0 bridgehead atoms. The van der Waals surface area contributed by atoms with Crippen LogP contribution in [0.25, 0.3) is 10.9 Å². The van der Waals surface area contributed by atoms with Crippen molar-refractivity contribution in [3.05, 3.63) is 65.9 Å². The molecule has 37 heavy (non-hydrogen) atoms. The molecule has 0 aliphatic heterocycles. The van der Waals surface area contributed by atoms with E-state index in [-0.39, 0.29) is 24.7 Å². The lowest BCUT2D eigenvalue weighted by molar-refractivity contribution is -0.149. The summed E-state index contributed by atoms with van der Waals surface area (Å²) in [6, 6.07) is 12.0. The number of hydrogen-bond donors (Lipinski definition) is 4. The van der Waals surface area contributed by atoms with Gasteiger partial charge in [0.05, 0.1) is 6.04 Å². The number of carbonyl (C=O) groups is 2. The fourth-order valence-corrected chi connectivity index (χ4v) is 4.28. The quantitative estimate of drug-likeness (QED) is 0.194. The number of nitrogens with one attached hydrogen (secondary N) is 3. The standard InChI is InChI=1S/C26H33N3O7S/c1-4-17(2)13-23(27-3)25(30)29-24(14-19-15-28-22-8-6-5-7-21(19)22)26(31)35-16-18-9-11-20(12-10-18)36-37(32,33)34/h5-12,15,17,23-24,27-28H,4,13-14,16H2,1-3H3,(H,29,30)(H,32,33,34)/t17?,23?,24-/m0/s1. The Kier molecular flexibility index (Phi) is 9.67. The Morgan fingerprint density at radius 3 is 2.43 bits per heavy atom. The van der Waals surface area contributed by atoms with E-state index in [1.54, 1.807) is 7.05 Å². The van der Waals surface area contributed by atoms with Crippen molar-refractivity contribution in [3.63, 3.8) is 0 Å². The number of rotatable bonds is 13. The van der Waals surface area contributed by atoms with Crippen LogP contribution in [0.5, 0.6) is 5.75 Å². The van der Waals surface area contributed by atoms with Crippen molar-refractivity contribution in [2.24, 2.45) is 5.92 Å². The second kappa shape index (κ2) is 12.7. The number of hydrogen-bond acceptors (Lipinski definition) is 7. The molecule has 1 amide bonds. The van der Waals surface area contributed by atoms with Gasteiger partial charge in [-0.15, -0.1) is 0 Å². The number of amides is 1. The van der Waals surface area contributed by atoms with Gasteiger partial charge in [0.2, 0.25) is 5.91 Å². The molecule has 1 aromatic heterocycles. The van der Waals surface area contributed by atoms with Gasteiger partial charge < -0.3 is 24.5 Å². The van der Waals surface area contributed by atoms with Crippen LogP contribution in [0.1, 0.15) is 37.8 Å². The van der Waals surface area contributed by atoms with Crippen LogP contribution in [0.2, 0.25) is 0 Å². The summed E-state index contributed by atoms with van der Waals surface area (Å²) < 4.78 is 40.4. The number of fused-ring (bicyclic) bond motifs is 1. The highest BCUT2D eigenvalue weighted by molar-refractivity contribution is 7.81. The van der Waals surface area contributed by atoms with Gasteiger partial charge in [-0.2, -0.15) is 8.42 Å². The number of likely N-dealkylation sites (N-methyl/N-ethyl adjacent to an activating group) is 1. The minimum atomic E-state index is -4.63. The van der Waals surface area contributed by atoms with Crippen LogP contribution in [0, 0.1) is 5.92 Å². The van der Waals surface area contributed by atoms with Crippen molar-refractivity contribution in [3.8, 4) is 5.75 Å². The largest absolute Gasteiger partial charge is 0.459 e. The first kappa shape index (κ1) is 28.2. The highest BCUT2D eigenvalue weighted by atomic mass is 32.3. The molecule has 4 N–H and O–H groups in total. The Morgan fingerprint density at radius 1 is 1.08 bits per heavy atom. The first-order chi connectivity index (χ1) is 17.6. The Labute approximate surface area is 216 Å². The Morgan fingerprint density at radius 2 is 1.78 bits per heavy atom. The van der Waals surface area contributed by atoms with Crippen LogP contribution in [0.3, 0.4) is 0 Å². The summed E-state index contributed by atoms with van der Waals surface area (Å²) >= 11 is 0. The SMILES string of the molecule is CCC(C)CC(NC)C(=O)N[C@@H](Cc1c[nH]c2ccccc12)C(=O)OCc1ccc(OS(=O)(=O)O)cc1. The maximum Gasteiger partial charge on any atom is 0.446 e. The summed E-state index contributed by atoms with van der Waals surface area (Å²) in [5.74, 6) is -0.636. The van der Waals surface area contributed by atoms with Gasteiger partial charge in [0.1, 0.15) is 18.4 Å². The van der Waals surface area contributed by atoms with Crippen LogP contribution < -0.4 is 14.8 Å². The number of ether oxygens (including phenoxy) is 1. The number of aromatic nitrogens is 1. The van der Waals surface area contributed by atoms with Gasteiger partial charge in [-0.25, -0.2) is 4.79 Å². The lowest BCUT2D eigenvalue weighted by Crippen LogP contribution is -2.51. The number of esters is 1. The predicted octanol–water partition coefficient (Wildman–Crippen LogP) is 3.14. The van der Waals surface area contributed by atoms with E-state index in [9.17, 15) is 18.0 Å². The average Bonchev–Trinajstić information content (AvgIpc) is 3.27. The van der Waals surface area contributed by atoms with Crippen molar-refractivity contribution in [1.82, 2.24) is 15.6 Å². The Balaban J connectivity index is 1.74. The van der Waals surface area contributed by atoms with Crippen LogP contribution in [-0.2, 0) is 37.8 Å². The van der Waals surface area contributed by atoms with Crippen LogP contribution in [0.4, 0.5) is 0 Å². The monoisotopic (exact) mass is 531 g/mol. The third-order valence-electron chi connectivity index (χ3n) is 6.21. The lowest BCUT2D eigenvalue weighted by atomic mass is 9.98. The number of para-hydroxylation sites is 1. The van der Waals surface area contributed by atoms with E-state index in [4.69, 9.17) is 9.29 Å². The highest BCUT2D eigenvalue weighted by Gasteiger charge is 2.28. The van der Waals surface area contributed by atoms with E-state index in [1.807, 2.05) is 30.5 Å².